The Balaban J connectivity index is 1.74. The number of Topliss-reactive ketones (excluding diaryl/α,β-unsaturated/α-hetero) is 1. The second-order valence-corrected chi connectivity index (χ2v) is 6.98. The van der Waals surface area contributed by atoms with Gasteiger partial charge in [-0.05, 0) is 42.2 Å². The van der Waals surface area contributed by atoms with Crippen LogP contribution in [0, 0.1) is 11.3 Å². The van der Waals surface area contributed by atoms with Crippen molar-refractivity contribution in [3.05, 3.63) is 29.8 Å². The van der Waals surface area contributed by atoms with E-state index in [1.807, 2.05) is 18.2 Å². The molecule has 1 heterocycles. The highest BCUT2D eigenvalue weighted by molar-refractivity contribution is 5.83. The van der Waals surface area contributed by atoms with Crippen molar-refractivity contribution in [2.24, 2.45) is 11.3 Å². The Morgan fingerprint density at radius 2 is 2.10 bits per heavy atom. The summed E-state index contributed by atoms with van der Waals surface area (Å²) in [6.45, 7) is 5.24. The molecule has 1 aliphatic carbocycles. The molecule has 0 N–H and O–H groups in total. The largest absolute Gasteiger partial charge is 0.493 e. The standard InChI is InChI=1S/C18H24O2/c1-18(2)10-5-7-15(18)16(19)12-13-9-11-20-17-8-4-3-6-14(13)17/h3-4,6,8,13,15H,5,7,9-12H2,1-2H3. The summed E-state index contributed by atoms with van der Waals surface area (Å²) in [5, 5.41) is 0. The first-order valence-corrected chi connectivity index (χ1v) is 7.82. The summed E-state index contributed by atoms with van der Waals surface area (Å²) in [5.74, 6) is 2.05. The van der Waals surface area contributed by atoms with Gasteiger partial charge in [-0.2, -0.15) is 0 Å². The van der Waals surface area contributed by atoms with Crippen molar-refractivity contribution >= 4 is 5.78 Å². The minimum absolute atomic E-state index is 0.196. The van der Waals surface area contributed by atoms with Crippen LogP contribution in [0.2, 0.25) is 0 Å². The van der Waals surface area contributed by atoms with E-state index >= 15 is 0 Å². The number of ether oxygens (including phenoxy) is 1. The van der Waals surface area contributed by atoms with Crippen molar-refractivity contribution in [1.82, 2.24) is 0 Å². The summed E-state index contributed by atoms with van der Waals surface area (Å²) < 4.78 is 5.69. The molecule has 2 unspecified atom stereocenters. The highest BCUT2D eigenvalue weighted by Crippen LogP contribution is 2.45. The maximum atomic E-state index is 12.7. The summed E-state index contributed by atoms with van der Waals surface area (Å²) in [6, 6.07) is 8.19. The first kappa shape index (κ1) is 13.7. The lowest BCUT2D eigenvalue weighted by Crippen LogP contribution is -2.28. The third-order valence-corrected chi connectivity index (χ3v) is 5.18. The van der Waals surface area contributed by atoms with E-state index in [0.29, 0.717) is 18.1 Å². The average Bonchev–Trinajstić information content (AvgIpc) is 2.79. The van der Waals surface area contributed by atoms with Gasteiger partial charge in [0.1, 0.15) is 11.5 Å². The summed E-state index contributed by atoms with van der Waals surface area (Å²) in [6.07, 6.45) is 5.13. The molecule has 0 aromatic heterocycles. The molecule has 0 amide bonds. The van der Waals surface area contributed by atoms with Gasteiger partial charge < -0.3 is 4.74 Å². The van der Waals surface area contributed by atoms with Gasteiger partial charge in [0.15, 0.2) is 0 Å². The highest BCUT2D eigenvalue weighted by Gasteiger charge is 2.39. The summed E-state index contributed by atoms with van der Waals surface area (Å²) in [7, 11) is 0. The van der Waals surface area contributed by atoms with Gasteiger partial charge in [0.2, 0.25) is 0 Å². The molecule has 3 rings (SSSR count). The van der Waals surface area contributed by atoms with Crippen molar-refractivity contribution in [1.29, 1.82) is 0 Å². The van der Waals surface area contributed by atoms with Crippen LogP contribution in [0.15, 0.2) is 24.3 Å². The Kier molecular flexibility index (Phi) is 3.57. The molecule has 1 aliphatic heterocycles. The second kappa shape index (κ2) is 5.23. The maximum absolute atomic E-state index is 12.7. The fourth-order valence-electron chi connectivity index (χ4n) is 3.94. The summed E-state index contributed by atoms with van der Waals surface area (Å²) in [4.78, 5) is 12.7. The van der Waals surface area contributed by atoms with Gasteiger partial charge in [-0.3, -0.25) is 4.79 Å². The predicted molar refractivity (Wildman–Crippen MR) is 80.0 cm³/mol. The number of carbonyl (C=O) groups excluding carboxylic acids is 1. The number of hydrogen-bond donors (Lipinski definition) is 0. The average molecular weight is 272 g/mol. The Hall–Kier alpha value is -1.31. The van der Waals surface area contributed by atoms with Crippen LogP contribution in [0.5, 0.6) is 5.75 Å². The van der Waals surface area contributed by atoms with Gasteiger partial charge in [0, 0.05) is 12.3 Å². The third kappa shape index (κ3) is 2.48. The maximum Gasteiger partial charge on any atom is 0.137 e. The lowest BCUT2D eigenvalue weighted by atomic mass is 9.76. The van der Waals surface area contributed by atoms with Crippen LogP contribution in [-0.2, 0) is 4.79 Å². The molecule has 2 heteroatoms. The van der Waals surface area contributed by atoms with Crippen LogP contribution in [0.25, 0.3) is 0 Å². The smallest absolute Gasteiger partial charge is 0.137 e. The minimum atomic E-state index is 0.196. The van der Waals surface area contributed by atoms with E-state index in [4.69, 9.17) is 4.74 Å². The van der Waals surface area contributed by atoms with E-state index in [1.165, 1.54) is 18.4 Å². The lowest BCUT2D eigenvalue weighted by Gasteiger charge is -2.29. The number of hydrogen-bond acceptors (Lipinski definition) is 2. The van der Waals surface area contributed by atoms with Crippen molar-refractivity contribution in [2.45, 2.75) is 51.9 Å². The number of ketones is 1. The number of carbonyl (C=O) groups is 1. The Morgan fingerprint density at radius 3 is 2.85 bits per heavy atom. The molecule has 0 spiro atoms. The summed E-state index contributed by atoms with van der Waals surface area (Å²) >= 11 is 0. The van der Waals surface area contributed by atoms with E-state index in [9.17, 15) is 4.79 Å². The Bertz CT molecular complexity index is 504. The lowest BCUT2D eigenvalue weighted by molar-refractivity contribution is -0.125. The number of benzene rings is 1. The molecule has 0 saturated heterocycles. The topological polar surface area (TPSA) is 26.3 Å². The van der Waals surface area contributed by atoms with Gasteiger partial charge in [-0.15, -0.1) is 0 Å². The fraction of sp³-hybridized carbons (Fsp3) is 0.611. The van der Waals surface area contributed by atoms with Gasteiger partial charge in [0.25, 0.3) is 0 Å². The minimum Gasteiger partial charge on any atom is -0.493 e. The molecule has 20 heavy (non-hydrogen) atoms. The molecule has 0 bridgehead atoms. The van der Waals surface area contributed by atoms with E-state index in [0.717, 1.165) is 25.2 Å². The zero-order valence-electron chi connectivity index (χ0n) is 12.5. The number of fused-ring (bicyclic) bond motifs is 1. The monoisotopic (exact) mass is 272 g/mol. The molecule has 1 aromatic carbocycles. The van der Waals surface area contributed by atoms with Crippen molar-refractivity contribution in [3.8, 4) is 5.75 Å². The van der Waals surface area contributed by atoms with E-state index in [2.05, 4.69) is 19.9 Å². The zero-order valence-corrected chi connectivity index (χ0v) is 12.5. The van der Waals surface area contributed by atoms with Gasteiger partial charge in [-0.1, -0.05) is 38.5 Å². The predicted octanol–water partition coefficient (Wildman–Crippen LogP) is 4.34. The molecule has 2 aliphatic rings. The molecule has 1 fully saturated rings. The van der Waals surface area contributed by atoms with Crippen LogP contribution < -0.4 is 4.74 Å². The van der Waals surface area contributed by atoms with E-state index in [-0.39, 0.29) is 11.3 Å². The zero-order chi connectivity index (χ0) is 14.2. The second-order valence-electron chi connectivity index (χ2n) is 6.98. The molecule has 1 aromatic rings. The van der Waals surface area contributed by atoms with Crippen molar-refractivity contribution in [2.75, 3.05) is 6.61 Å². The fourth-order valence-corrected chi connectivity index (χ4v) is 3.94. The van der Waals surface area contributed by atoms with Crippen LogP contribution in [0.3, 0.4) is 0 Å². The third-order valence-electron chi connectivity index (χ3n) is 5.18. The summed E-state index contributed by atoms with van der Waals surface area (Å²) in [5.41, 5.74) is 1.42. The molecule has 2 atom stereocenters. The SMILES string of the molecule is CC1(C)CCCC1C(=O)CC1CCOc2ccccc21. The molecule has 108 valence electrons. The number of rotatable bonds is 3. The molecular weight excluding hydrogens is 248 g/mol. The Morgan fingerprint density at radius 1 is 1.30 bits per heavy atom. The van der Waals surface area contributed by atoms with Gasteiger partial charge in [-0.25, -0.2) is 0 Å². The normalized spacial score (nSPS) is 27.7. The van der Waals surface area contributed by atoms with Crippen molar-refractivity contribution < 1.29 is 9.53 Å². The Labute approximate surface area is 121 Å². The molecule has 0 radical (unpaired) electrons. The number of para-hydroxylation sites is 1. The van der Waals surface area contributed by atoms with Crippen LogP contribution >= 0.6 is 0 Å². The van der Waals surface area contributed by atoms with Gasteiger partial charge in [0.05, 0.1) is 6.61 Å². The molecular formula is C18H24O2. The van der Waals surface area contributed by atoms with E-state index < -0.39 is 0 Å². The molecule has 2 nitrogen and oxygen atoms in total. The quantitative estimate of drug-likeness (QED) is 0.818. The first-order valence-electron chi connectivity index (χ1n) is 7.82. The van der Waals surface area contributed by atoms with Crippen LogP contribution in [-0.4, -0.2) is 12.4 Å². The van der Waals surface area contributed by atoms with Crippen LogP contribution in [0.4, 0.5) is 0 Å². The first-order chi connectivity index (χ1) is 9.58. The van der Waals surface area contributed by atoms with Crippen molar-refractivity contribution in [3.63, 3.8) is 0 Å². The molecule has 1 saturated carbocycles. The van der Waals surface area contributed by atoms with Crippen LogP contribution in [0.1, 0.15) is 57.4 Å². The van der Waals surface area contributed by atoms with E-state index in [1.54, 1.807) is 0 Å². The highest BCUT2D eigenvalue weighted by atomic mass is 16.5. The van der Waals surface area contributed by atoms with Gasteiger partial charge >= 0.3 is 0 Å².